The first-order valence-corrected chi connectivity index (χ1v) is 8.58. The highest BCUT2D eigenvalue weighted by molar-refractivity contribution is 9.10. The Kier molecular flexibility index (Phi) is 3.92. The van der Waals surface area contributed by atoms with Gasteiger partial charge in [-0.25, -0.2) is 9.18 Å². The molecule has 0 saturated carbocycles. The van der Waals surface area contributed by atoms with Crippen LogP contribution in [0.4, 0.5) is 10.1 Å². The normalized spacial score (nSPS) is 19.9. The number of cyclic esters (lactones) is 1. The Bertz CT molecular complexity index is 924. The third kappa shape index (κ3) is 2.76. The molecule has 0 bridgehead atoms. The van der Waals surface area contributed by atoms with Gasteiger partial charge in [-0.1, -0.05) is 34.1 Å². The molecular formula is C19H13BrFNO3. The molecule has 0 N–H and O–H groups in total. The lowest BCUT2D eigenvalue weighted by molar-refractivity contribution is -0.136. The van der Waals surface area contributed by atoms with Crippen molar-refractivity contribution in [3.8, 4) is 0 Å². The summed E-state index contributed by atoms with van der Waals surface area (Å²) in [5.74, 6) is -1.41. The van der Waals surface area contributed by atoms with Crippen LogP contribution in [0.1, 0.15) is 17.9 Å². The average molecular weight is 402 g/mol. The van der Waals surface area contributed by atoms with Crippen LogP contribution in [0.5, 0.6) is 0 Å². The first-order valence-electron chi connectivity index (χ1n) is 7.79. The van der Waals surface area contributed by atoms with Crippen LogP contribution in [0.25, 0.3) is 0 Å². The largest absolute Gasteiger partial charge is 0.456 e. The van der Waals surface area contributed by atoms with Crippen molar-refractivity contribution in [2.75, 3.05) is 11.5 Å². The topological polar surface area (TPSA) is 46.6 Å². The van der Waals surface area contributed by atoms with Crippen molar-refractivity contribution in [3.63, 3.8) is 0 Å². The lowest BCUT2D eigenvalue weighted by atomic mass is 9.84. The van der Waals surface area contributed by atoms with Gasteiger partial charge in [-0.15, -0.1) is 0 Å². The van der Waals surface area contributed by atoms with Crippen LogP contribution in [0.3, 0.4) is 0 Å². The van der Waals surface area contributed by atoms with E-state index in [1.165, 1.54) is 23.1 Å². The molecule has 2 heterocycles. The van der Waals surface area contributed by atoms with E-state index in [0.717, 1.165) is 10.0 Å². The number of rotatable bonds is 2. The summed E-state index contributed by atoms with van der Waals surface area (Å²) in [5, 5.41) is 0. The summed E-state index contributed by atoms with van der Waals surface area (Å²) >= 11 is 3.42. The summed E-state index contributed by atoms with van der Waals surface area (Å²) in [6.45, 7) is 0.0148. The molecule has 0 radical (unpaired) electrons. The third-order valence-electron chi connectivity index (χ3n) is 4.43. The molecule has 0 aromatic heterocycles. The summed E-state index contributed by atoms with van der Waals surface area (Å²) in [5.41, 5.74) is 2.25. The van der Waals surface area contributed by atoms with Gasteiger partial charge in [0.15, 0.2) is 0 Å². The van der Waals surface area contributed by atoms with Gasteiger partial charge in [0.1, 0.15) is 12.4 Å². The van der Waals surface area contributed by atoms with Gasteiger partial charge in [0.2, 0.25) is 5.91 Å². The first kappa shape index (κ1) is 16.0. The Morgan fingerprint density at radius 3 is 2.68 bits per heavy atom. The molecule has 2 aromatic carbocycles. The Hall–Kier alpha value is -2.47. The zero-order valence-electron chi connectivity index (χ0n) is 13.0. The number of ether oxygens (including phenoxy) is 1. The van der Waals surface area contributed by atoms with Gasteiger partial charge in [-0.2, -0.15) is 0 Å². The zero-order chi connectivity index (χ0) is 17.6. The smallest absolute Gasteiger partial charge is 0.336 e. The van der Waals surface area contributed by atoms with Gasteiger partial charge in [-0.3, -0.25) is 9.69 Å². The average Bonchev–Trinajstić information content (AvgIpc) is 2.96. The molecule has 1 atom stereocenters. The number of carbonyl (C=O) groups excluding carboxylic acids is 2. The second-order valence-electron chi connectivity index (χ2n) is 5.96. The fourth-order valence-electron chi connectivity index (χ4n) is 3.38. The second-order valence-corrected chi connectivity index (χ2v) is 6.87. The minimum Gasteiger partial charge on any atom is -0.456 e. The first-order chi connectivity index (χ1) is 12.0. The minimum absolute atomic E-state index is 0.0148. The fraction of sp³-hybridized carbons (Fsp3) is 0.158. The Morgan fingerprint density at radius 2 is 1.92 bits per heavy atom. The van der Waals surface area contributed by atoms with Crippen molar-refractivity contribution in [1.82, 2.24) is 0 Å². The molecule has 6 heteroatoms. The summed E-state index contributed by atoms with van der Waals surface area (Å²) in [6.07, 6.45) is 0.126. The molecule has 25 heavy (non-hydrogen) atoms. The molecule has 2 aliphatic rings. The van der Waals surface area contributed by atoms with Crippen LogP contribution in [0, 0.1) is 5.82 Å². The number of carbonyl (C=O) groups is 2. The van der Waals surface area contributed by atoms with Crippen molar-refractivity contribution >= 4 is 33.5 Å². The predicted octanol–water partition coefficient (Wildman–Crippen LogP) is 3.92. The molecular weight excluding hydrogens is 389 g/mol. The van der Waals surface area contributed by atoms with Crippen molar-refractivity contribution in [2.24, 2.45) is 0 Å². The standard InChI is InChI=1S/C19H13BrFNO3/c20-12-4-1-3-11(7-12)15-9-17(23)22(14-6-2-5-13(21)8-14)16-10-25-19(24)18(15)16/h1-8,15H,9-10H2/t15-/m1/s1. The van der Waals surface area contributed by atoms with E-state index in [9.17, 15) is 14.0 Å². The van der Waals surface area contributed by atoms with Crippen molar-refractivity contribution < 1.29 is 18.7 Å². The number of nitrogens with zero attached hydrogens (tertiary/aromatic N) is 1. The number of amides is 1. The predicted molar refractivity (Wildman–Crippen MR) is 93.4 cm³/mol. The molecule has 4 rings (SSSR count). The van der Waals surface area contributed by atoms with Crippen LogP contribution < -0.4 is 4.90 Å². The maximum Gasteiger partial charge on any atom is 0.336 e. The highest BCUT2D eigenvalue weighted by atomic mass is 79.9. The Labute approximate surface area is 152 Å². The molecule has 1 amide bonds. The minimum atomic E-state index is -0.438. The Balaban J connectivity index is 1.84. The number of esters is 1. The van der Waals surface area contributed by atoms with E-state index in [2.05, 4.69) is 15.9 Å². The molecule has 126 valence electrons. The van der Waals surface area contributed by atoms with Crippen LogP contribution >= 0.6 is 15.9 Å². The lowest BCUT2D eigenvalue weighted by Gasteiger charge is -2.31. The van der Waals surface area contributed by atoms with E-state index >= 15 is 0 Å². The maximum absolute atomic E-state index is 13.6. The van der Waals surface area contributed by atoms with Gasteiger partial charge in [-0.05, 0) is 35.9 Å². The van der Waals surface area contributed by atoms with Gasteiger partial charge in [0.25, 0.3) is 0 Å². The third-order valence-corrected chi connectivity index (χ3v) is 4.93. The van der Waals surface area contributed by atoms with E-state index in [-0.39, 0.29) is 24.9 Å². The second kappa shape index (κ2) is 6.11. The monoisotopic (exact) mass is 401 g/mol. The van der Waals surface area contributed by atoms with E-state index in [1.807, 2.05) is 24.3 Å². The van der Waals surface area contributed by atoms with Crippen LogP contribution in [0.2, 0.25) is 0 Å². The number of halogens is 2. The number of hydrogen-bond donors (Lipinski definition) is 0. The van der Waals surface area contributed by atoms with E-state index in [4.69, 9.17) is 4.74 Å². The summed E-state index contributed by atoms with van der Waals surface area (Å²) in [4.78, 5) is 26.5. The van der Waals surface area contributed by atoms with E-state index < -0.39 is 11.8 Å². The summed E-state index contributed by atoms with van der Waals surface area (Å²) in [6, 6.07) is 13.3. The van der Waals surface area contributed by atoms with Crippen LogP contribution in [-0.4, -0.2) is 18.5 Å². The van der Waals surface area contributed by atoms with Gasteiger partial charge >= 0.3 is 5.97 Å². The number of hydrogen-bond acceptors (Lipinski definition) is 3. The highest BCUT2D eigenvalue weighted by Crippen LogP contribution is 2.42. The van der Waals surface area contributed by atoms with Gasteiger partial charge in [0.05, 0.1) is 17.0 Å². The van der Waals surface area contributed by atoms with Crippen molar-refractivity contribution in [2.45, 2.75) is 12.3 Å². The number of anilines is 1. The summed E-state index contributed by atoms with van der Waals surface area (Å²) < 4.78 is 19.7. The maximum atomic E-state index is 13.6. The fourth-order valence-corrected chi connectivity index (χ4v) is 3.79. The number of benzene rings is 2. The van der Waals surface area contributed by atoms with Crippen molar-refractivity contribution in [1.29, 1.82) is 0 Å². The molecule has 2 aromatic rings. The molecule has 0 unspecified atom stereocenters. The van der Waals surface area contributed by atoms with Crippen LogP contribution in [0.15, 0.2) is 64.3 Å². The zero-order valence-corrected chi connectivity index (χ0v) is 14.6. The van der Waals surface area contributed by atoms with E-state index in [0.29, 0.717) is 17.0 Å². The Morgan fingerprint density at radius 1 is 1.12 bits per heavy atom. The quantitative estimate of drug-likeness (QED) is 0.716. The SMILES string of the molecule is O=C1OCC2=C1[C@@H](c1cccc(Br)c1)CC(=O)N2c1cccc(F)c1. The van der Waals surface area contributed by atoms with E-state index in [1.54, 1.807) is 6.07 Å². The van der Waals surface area contributed by atoms with Gasteiger partial charge < -0.3 is 4.74 Å². The molecule has 2 aliphatic heterocycles. The highest BCUT2D eigenvalue weighted by Gasteiger charge is 2.43. The molecule has 0 fully saturated rings. The molecule has 0 spiro atoms. The van der Waals surface area contributed by atoms with Crippen molar-refractivity contribution in [3.05, 3.63) is 75.7 Å². The summed E-state index contributed by atoms with van der Waals surface area (Å²) in [7, 11) is 0. The molecule has 0 aliphatic carbocycles. The molecule has 4 nitrogen and oxygen atoms in total. The molecule has 0 saturated heterocycles. The lowest BCUT2D eigenvalue weighted by Crippen LogP contribution is -2.37. The van der Waals surface area contributed by atoms with Gasteiger partial charge in [0, 0.05) is 16.8 Å². The van der Waals surface area contributed by atoms with Crippen LogP contribution in [-0.2, 0) is 14.3 Å².